The largest absolute Gasteiger partial charge is 0.292 e. The first-order valence-electron chi connectivity index (χ1n) is 9.61. The van der Waals surface area contributed by atoms with Crippen LogP contribution < -0.4 is 10.9 Å². The van der Waals surface area contributed by atoms with Crippen LogP contribution in [0.3, 0.4) is 0 Å². The minimum Gasteiger partial charge on any atom is -0.292 e. The number of para-hydroxylation sites is 1. The number of amides is 2. The van der Waals surface area contributed by atoms with Crippen molar-refractivity contribution < 1.29 is 14.5 Å². The molecule has 0 radical (unpaired) electrons. The topological polar surface area (TPSA) is 124 Å². The van der Waals surface area contributed by atoms with Gasteiger partial charge in [-0.3, -0.25) is 34.4 Å². The molecule has 0 spiro atoms. The van der Waals surface area contributed by atoms with Gasteiger partial charge in [-0.2, -0.15) is 0 Å². The predicted molar refractivity (Wildman–Crippen MR) is 117 cm³/mol. The first-order chi connectivity index (χ1) is 14.9. The highest BCUT2D eigenvalue weighted by Crippen LogP contribution is 2.18. The molecular weight excluding hydrogens is 420 g/mol. The monoisotopic (exact) mass is 440 g/mol. The van der Waals surface area contributed by atoms with Crippen LogP contribution in [0, 0.1) is 10.1 Å². The van der Waals surface area contributed by atoms with Crippen LogP contribution in [0.25, 0.3) is 10.9 Å². The van der Waals surface area contributed by atoms with Crippen LogP contribution >= 0.6 is 11.8 Å². The zero-order valence-corrected chi connectivity index (χ0v) is 17.6. The van der Waals surface area contributed by atoms with Crippen LogP contribution in [0.5, 0.6) is 0 Å². The van der Waals surface area contributed by atoms with Crippen molar-refractivity contribution in [3.8, 4) is 0 Å². The maximum absolute atomic E-state index is 12.8. The summed E-state index contributed by atoms with van der Waals surface area (Å²) in [6, 6.07) is 12.1. The minimum absolute atomic E-state index is 0.0104. The Kier molecular flexibility index (Phi) is 7.14. The van der Waals surface area contributed by atoms with Crippen molar-refractivity contribution in [2.75, 3.05) is 5.75 Å². The van der Waals surface area contributed by atoms with Crippen molar-refractivity contribution in [2.24, 2.45) is 0 Å². The Morgan fingerprint density at radius 2 is 1.97 bits per heavy atom. The molecule has 0 aliphatic carbocycles. The number of carbonyl (C=O) groups is 2. The fourth-order valence-corrected chi connectivity index (χ4v) is 3.72. The average Bonchev–Trinajstić information content (AvgIpc) is 2.77. The van der Waals surface area contributed by atoms with Gasteiger partial charge in [-0.1, -0.05) is 43.3 Å². The normalized spacial score (nSPS) is 10.7. The molecule has 10 heteroatoms. The summed E-state index contributed by atoms with van der Waals surface area (Å²) in [5.74, 6) is -1.47. The number of nitrogens with one attached hydrogen (secondary N) is 1. The molecule has 3 aromatic rings. The van der Waals surface area contributed by atoms with Gasteiger partial charge in [0.05, 0.1) is 21.6 Å². The van der Waals surface area contributed by atoms with Gasteiger partial charge in [0.2, 0.25) is 5.91 Å². The number of imide groups is 1. The molecule has 1 N–H and O–H groups in total. The number of fused-ring (bicyclic) bond motifs is 1. The molecule has 0 unspecified atom stereocenters. The molecule has 1 aromatic heterocycles. The highest BCUT2D eigenvalue weighted by Gasteiger charge is 2.16. The number of carbonyl (C=O) groups excluding carboxylic acids is 2. The quantitative estimate of drug-likeness (QED) is 0.247. The van der Waals surface area contributed by atoms with Gasteiger partial charge in [-0.25, -0.2) is 4.98 Å². The number of nitro benzene ring substituents is 1. The lowest BCUT2D eigenvalue weighted by Gasteiger charge is -2.12. The summed E-state index contributed by atoms with van der Waals surface area (Å²) in [5, 5.41) is 14.0. The van der Waals surface area contributed by atoms with Crippen LogP contribution in [-0.2, 0) is 11.3 Å². The second-order valence-corrected chi connectivity index (χ2v) is 7.64. The van der Waals surface area contributed by atoms with Gasteiger partial charge in [0.1, 0.15) is 0 Å². The van der Waals surface area contributed by atoms with Gasteiger partial charge in [0.15, 0.2) is 5.16 Å². The summed E-state index contributed by atoms with van der Waals surface area (Å²) in [6.07, 6.45) is 1.67. The van der Waals surface area contributed by atoms with Crippen LogP contribution in [0.15, 0.2) is 58.5 Å². The summed E-state index contributed by atoms with van der Waals surface area (Å²) in [6.45, 7) is 2.49. The Hall–Kier alpha value is -3.53. The lowest BCUT2D eigenvalue weighted by atomic mass is 10.2. The van der Waals surface area contributed by atoms with Crippen LogP contribution in [-0.4, -0.2) is 32.0 Å². The highest BCUT2D eigenvalue weighted by atomic mass is 32.2. The van der Waals surface area contributed by atoms with Crippen molar-refractivity contribution in [1.82, 2.24) is 14.9 Å². The molecule has 0 aliphatic rings. The van der Waals surface area contributed by atoms with E-state index in [0.29, 0.717) is 22.6 Å². The van der Waals surface area contributed by atoms with Crippen LogP contribution in [0.2, 0.25) is 0 Å². The third kappa shape index (κ3) is 5.34. The molecule has 0 aliphatic heterocycles. The second-order valence-electron chi connectivity index (χ2n) is 6.70. The summed E-state index contributed by atoms with van der Waals surface area (Å²) < 4.78 is 1.55. The van der Waals surface area contributed by atoms with E-state index in [-0.39, 0.29) is 22.6 Å². The summed E-state index contributed by atoms with van der Waals surface area (Å²) >= 11 is 1.06. The molecule has 3 rings (SSSR count). The van der Waals surface area contributed by atoms with Crippen molar-refractivity contribution in [3.05, 3.63) is 74.6 Å². The molecule has 0 saturated carbocycles. The summed E-state index contributed by atoms with van der Waals surface area (Å²) in [5.41, 5.74) is 0.136. The Morgan fingerprint density at radius 3 is 2.71 bits per heavy atom. The van der Waals surface area contributed by atoms with Gasteiger partial charge in [0, 0.05) is 24.2 Å². The van der Waals surface area contributed by atoms with Crippen molar-refractivity contribution in [2.45, 2.75) is 31.5 Å². The summed E-state index contributed by atoms with van der Waals surface area (Å²) in [7, 11) is 0. The van der Waals surface area contributed by atoms with Gasteiger partial charge in [0.25, 0.3) is 17.2 Å². The number of non-ortho nitro benzene ring substituents is 1. The molecule has 0 bridgehead atoms. The first kappa shape index (κ1) is 22.2. The maximum atomic E-state index is 12.8. The molecule has 0 atom stereocenters. The number of rotatable bonds is 8. The number of aromatic nitrogens is 2. The van der Waals surface area contributed by atoms with E-state index in [0.717, 1.165) is 30.7 Å². The molecule has 0 saturated heterocycles. The van der Waals surface area contributed by atoms with E-state index < -0.39 is 16.7 Å². The minimum atomic E-state index is -0.732. The number of nitrogens with zero attached hydrogens (tertiary/aromatic N) is 3. The standard InChI is InChI=1S/C21H20N4O5S/c1-2-3-11-24-20(28)16-9-4-5-10-17(16)22-21(24)31-13-18(26)23-19(27)14-7-6-8-15(12-14)25(29)30/h4-10,12H,2-3,11,13H2,1H3,(H,23,26,27). The van der Waals surface area contributed by atoms with Crippen molar-refractivity contribution >= 4 is 40.2 Å². The molecular formula is C21H20N4O5S. The zero-order chi connectivity index (χ0) is 22.4. The molecule has 9 nitrogen and oxygen atoms in total. The van der Waals surface area contributed by atoms with Crippen LogP contribution in [0.1, 0.15) is 30.1 Å². The van der Waals surface area contributed by atoms with Gasteiger partial charge >= 0.3 is 0 Å². The number of benzene rings is 2. The Balaban J connectivity index is 1.75. The first-order valence-corrected chi connectivity index (χ1v) is 10.6. The smallest absolute Gasteiger partial charge is 0.270 e. The Labute approximate surface area is 181 Å². The van der Waals surface area contributed by atoms with Gasteiger partial charge < -0.3 is 0 Å². The predicted octanol–water partition coefficient (Wildman–Crippen LogP) is 3.15. The third-order valence-corrected chi connectivity index (χ3v) is 5.44. The lowest BCUT2D eigenvalue weighted by molar-refractivity contribution is -0.384. The molecule has 2 amide bonds. The van der Waals surface area contributed by atoms with E-state index in [1.54, 1.807) is 28.8 Å². The molecule has 160 valence electrons. The fraction of sp³-hybridized carbons (Fsp3) is 0.238. The lowest BCUT2D eigenvalue weighted by Crippen LogP contribution is -2.32. The Bertz CT molecular complexity index is 1210. The zero-order valence-electron chi connectivity index (χ0n) is 16.7. The van der Waals surface area contributed by atoms with E-state index in [9.17, 15) is 24.5 Å². The molecule has 1 heterocycles. The maximum Gasteiger partial charge on any atom is 0.270 e. The van der Waals surface area contributed by atoms with Gasteiger partial charge in [-0.15, -0.1) is 0 Å². The highest BCUT2D eigenvalue weighted by molar-refractivity contribution is 7.99. The Morgan fingerprint density at radius 1 is 1.19 bits per heavy atom. The van der Waals surface area contributed by atoms with Crippen LogP contribution in [0.4, 0.5) is 5.69 Å². The number of hydrogen-bond acceptors (Lipinski definition) is 7. The third-order valence-electron chi connectivity index (χ3n) is 4.47. The second kappa shape index (κ2) is 9.98. The van der Waals surface area contributed by atoms with Gasteiger partial charge in [-0.05, 0) is 24.6 Å². The molecule has 2 aromatic carbocycles. The van der Waals surface area contributed by atoms with Crippen molar-refractivity contribution in [3.63, 3.8) is 0 Å². The SMILES string of the molecule is CCCCn1c(SCC(=O)NC(=O)c2cccc([N+](=O)[O-])c2)nc2ccccc2c1=O. The van der Waals surface area contributed by atoms with E-state index in [1.165, 1.54) is 18.2 Å². The number of hydrogen-bond donors (Lipinski definition) is 1. The van der Waals surface area contributed by atoms with Crippen molar-refractivity contribution in [1.29, 1.82) is 0 Å². The molecule has 31 heavy (non-hydrogen) atoms. The number of nitro groups is 1. The number of unbranched alkanes of at least 4 members (excludes halogenated alkanes) is 1. The molecule has 0 fully saturated rings. The van der Waals surface area contributed by atoms with E-state index >= 15 is 0 Å². The van der Waals surface area contributed by atoms with E-state index in [1.807, 2.05) is 6.92 Å². The number of thioether (sulfide) groups is 1. The fourth-order valence-electron chi connectivity index (χ4n) is 2.90. The average molecular weight is 440 g/mol. The van der Waals surface area contributed by atoms with E-state index in [4.69, 9.17) is 0 Å². The van der Waals surface area contributed by atoms with E-state index in [2.05, 4.69) is 10.3 Å². The summed E-state index contributed by atoms with van der Waals surface area (Å²) in [4.78, 5) is 52.1.